The molecule has 3 heteroatoms. The maximum Gasteiger partial charge on any atom is 0.123 e. The highest BCUT2D eigenvalue weighted by Gasteiger charge is 2.26. The first-order valence-corrected chi connectivity index (χ1v) is 7.37. The van der Waals surface area contributed by atoms with Gasteiger partial charge in [0.2, 0.25) is 0 Å². The Hall–Kier alpha value is -1.87. The van der Waals surface area contributed by atoms with Crippen LogP contribution in [0.2, 0.25) is 0 Å². The van der Waals surface area contributed by atoms with Crippen molar-refractivity contribution >= 4 is 0 Å². The summed E-state index contributed by atoms with van der Waals surface area (Å²) in [5, 5.41) is 0. The van der Waals surface area contributed by atoms with Crippen LogP contribution in [0.25, 0.3) is 0 Å². The van der Waals surface area contributed by atoms with Gasteiger partial charge in [-0.2, -0.15) is 0 Å². The van der Waals surface area contributed by atoms with Gasteiger partial charge in [-0.3, -0.25) is 0 Å². The number of fused-ring (bicyclic) bond motifs is 1. The zero-order chi connectivity index (χ0) is 14.8. The number of halogens is 1. The monoisotopic (exact) mass is 285 g/mol. The zero-order valence-electron chi connectivity index (χ0n) is 12.2. The largest absolute Gasteiger partial charge is 0.490 e. The van der Waals surface area contributed by atoms with Crippen LogP contribution in [0.4, 0.5) is 4.39 Å². The molecule has 2 atom stereocenters. The molecule has 2 nitrogen and oxygen atoms in total. The van der Waals surface area contributed by atoms with Gasteiger partial charge in [0.1, 0.15) is 17.7 Å². The maximum atomic E-state index is 13.0. The van der Waals surface area contributed by atoms with Crippen LogP contribution in [0.1, 0.15) is 29.0 Å². The van der Waals surface area contributed by atoms with Crippen LogP contribution in [0.15, 0.2) is 42.5 Å². The minimum absolute atomic E-state index is 0.153. The van der Waals surface area contributed by atoms with E-state index in [1.54, 1.807) is 0 Å². The molecule has 110 valence electrons. The number of hydrogen-bond donors (Lipinski definition) is 1. The second-order valence-corrected chi connectivity index (χ2v) is 5.78. The van der Waals surface area contributed by atoms with E-state index in [2.05, 4.69) is 19.1 Å². The average Bonchev–Trinajstić information content (AvgIpc) is 2.87. The number of aryl methyl sites for hydroxylation is 1. The van der Waals surface area contributed by atoms with Gasteiger partial charge >= 0.3 is 0 Å². The molecule has 3 rings (SSSR count). The summed E-state index contributed by atoms with van der Waals surface area (Å²) in [5.41, 5.74) is 9.51. The van der Waals surface area contributed by atoms with Crippen molar-refractivity contribution in [2.24, 2.45) is 5.73 Å². The van der Waals surface area contributed by atoms with E-state index < -0.39 is 0 Å². The predicted molar refractivity (Wildman–Crippen MR) is 82.1 cm³/mol. The second kappa shape index (κ2) is 5.86. The molecule has 0 radical (unpaired) electrons. The van der Waals surface area contributed by atoms with Gasteiger partial charge in [0.15, 0.2) is 0 Å². The standard InChI is InChI=1S/C18H20FNO/c1-12-2-7-18-14(8-12)9-17(21-18)10-15(11-20)13-3-5-16(19)6-4-13/h2-8,15,17H,9-11,20H2,1H3. The molecule has 1 aliphatic heterocycles. The third kappa shape index (κ3) is 3.08. The Labute approximate surface area is 124 Å². The number of benzene rings is 2. The van der Waals surface area contributed by atoms with E-state index in [1.807, 2.05) is 18.2 Å². The van der Waals surface area contributed by atoms with E-state index >= 15 is 0 Å². The first-order chi connectivity index (χ1) is 10.2. The van der Waals surface area contributed by atoms with E-state index in [9.17, 15) is 4.39 Å². The summed E-state index contributed by atoms with van der Waals surface area (Å²) < 4.78 is 19.0. The maximum absolute atomic E-state index is 13.0. The summed E-state index contributed by atoms with van der Waals surface area (Å²) in [6.45, 7) is 2.63. The van der Waals surface area contributed by atoms with Crippen molar-refractivity contribution in [1.29, 1.82) is 0 Å². The molecule has 0 fully saturated rings. The molecule has 1 heterocycles. The summed E-state index contributed by atoms with van der Waals surface area (Å²) in [7, 11) is 0. The van der Waals surface area contributed by atoms with Crippen molar-refractivity contribution < 1.29 is 9.13 Å². The van der Waals surface area contributed by atoms with Crippen LogP contribution in [-0.2, 0) is 6.42 Å². The van der Waals surface area contributed by atoms with Crippen molar-refractivity contribution in [2.75, 3.05) is 6.54 Å². The second-order valence-electron chi connectivity index (χ2n) is 5.78. The molecule has 0 bridgehead atoms. The average molecular weight is 285 g/mol. The topological polar surface area (TPSA) is 35.2 Å². The van der Waals surface area contributed by atoms with Gasteiger partial charge in [0.25, 0.3) is 0 Å². The summed E-state index contributed by atoms with van der Waals surface area (Å²) in [4.78, 5) is 0. The minimum Gasteiger partial charge on any atom is -0.490 e. The summed E-state index contributed by atoms with van der Waals surface area (Å²) in [5.74, 6) is 0.973. The number of ether oxygens (including phenoxy) is 1. The van der Waals surface area contributed by atoms with Crippen LogP contribution in [0, 0.1) is 12.7 Å². The minimum atomic E-state index is -0.213. The highest BCUT2D eigenvalue weighted by atomic mass is 19.1. The Balaban J connectivity index is 1.70. The van der Waals surface area contributed by atoms with E-state index in [4.69, 9.17) is 10.5 Å². The smallest absolute Gasteiger partial charge is 0.123 e. The Morgan fingerprint density at radius 3 is 2.71 bits per heavy atom. The third-order valence-electron chi connectivity index (χ3n) is 4.13. The lowest BCUT2D eigenvalue weighted by molar-refractivity contribution is 0.210. The van der Waals surface area contributed by atoms with Gasteiger partial charge in [0, 0.05) is 6.42 Å². The molecule has 1 aliphatic rings. The van der Waals surface area contributed by atoms with Crippen LogP contribution in [0.5, 0.6) is 5.75 Å². The molecule has 0 saturated carbocycles. The van der Waals surface area contributed by atoms with Crippen molar-refractivity contribution in [3.63, 3.8) is 0 Å². The lowest BCUT2D eigenvalue weighted by Crippen LogP contribution is -2.22. The van der Waals surface area contributed by atoms with Crippen LogP contribution in [-0.4, -0.2) is 12.6 Å². The molecule has 0 saturated heterocycles. The summed E-state index contributed by atoms with van der Waals surface area (Å²) in [6.07, 6.45) is 1.94. The zero-order valence-corrected chi connectivity index (χ0v) is 12.2. The molecule has 0 aromatic heterocycles. The van der Waals surface area contributed by atoms with Crippen molar-refractivity contribution in [1.82, 2.24) is 0 Å². The van der Waals surface area contributed by atoms with Crippen molar-refractivity contribution in [2.45, 2.75) is 31.8 Å². The molecule has 0 spiro atoms. The third-order valence-corrected chi connectivity index (χ3v) is 4.13. The number of hydrogen-bond acceptors (Lipinski definition) is 2. The molecule has 2 aromatic carbocycles. The van der Waals surface area contributed by atoms with Crippen LogP contribution in [0.3, 0.4) is 0 Å². The Kier molecular flexibility index (Phi) is 3.93. The molecular weight excluding hydrogens is 265 g/mol. The fraction of sp³-hybridized carbons (Fsp3) is 0.333. The van der Waals surface area contributed by atoms with Crippen LogP contribution < -0.4 is 10.5 Å². The lowest BCUT2D eigenvalue weighted by Gasteiger charge is -2.19. The molecule has 21 heavy (non-hydrogen) atoms. The predicted octanol–water partition coefficient (Wildman–Crippen LogP) is 3.57. The quantitative estimate of drug-likeness (QED) is 0.932. The highest BCUT2D eigenvalue weighted by molar-refractivity contribution is 5.40. The van der Waals surface area contributed by atoms with Gasteiger partial charge < -0.3 is 10.5 Å². The van der Waals surface area contributed by atoms with E-state index in [1.165, 1.54) is 23.3 Å². The molecule has 2 aromatic rings. The fourth-order valence-corrected chi connectivity index (χ4v) is 3.00. The summed E-state index contributed by atoms with van der Waals surface area (Å²) >= 11 is 0. The van der Waals surface area contributed by atoms with Gasteiger partial charge in [0.05, 0.1) is 0 Å². The lowest BCUT2D eigenvalue weighted by atomic mass is 9.91. The Bertz CT molecular complexity index is 624. The van der Waals surface area contributed by atoms with E-state index in [-0.39, 0.29) is 17.8 Å². The SMILES string of the molecule is Cc1ccc2c(c1)CC(CC(CN)c1ccc(F)cc1)O2. The normalized spacial score (nSPS) is 18.1. The van der Waals surface area contributed by atoms with Gasteiger partial charge in [-0.05, 0) is 55.1 Å². The van der Waals surface area contributed by atoms with Crippen LogP contribution >= 0.6 is 0 Å². The Morgan fingerprint density at radius 1 is 1.24 bits per heavy atom. The molecule has 0 aliphatic carbocycles. The molecule has 2 N–H and O–H groups in total. The highest BCUT2D eigenvalue weighted by Crippen LogP contribution is 2.33. The molecular formula is C18H20FNO. The van der Waals surface area contributed by atoms with Crippen molar-refractivity contribution in [3.05, 3.63) is 65.0 Å². The first-order valence-electron chi connectivity index (χ1n) is 7.37. The van der Waals surface area contributed by atoms with E-state index in [0.717, 1.165) is 24.2 Å². The number of rotatable bonds is 4. The van der Waals surface area contributed by atoms with Gasteiger partial charge in [-0.1, -0.05) is 29.8 Å². The van der Waals surface area contributed by atoms with Gasteiger partial charge in [-0.25, -0.2) is 4.39 Å². The van der Waals surface area contributed by atoms with Crippen molar-refractivity contribution in [3.8, 4) is 5.75 Å². The number of nitrogens with two attached hydrogens (primary N) is 1. The van der Waals surface area contributed by atoms with Gasteiger partial charge in [-0.15, -0.1) is 0 Å². The molecule has 0 amide bonds. The fourth-order valence-electron chi connectivity index (χ4n) is 3.00. The molecule has 2 unspecified atom stereocenters. The first kappa shape index (κ1) is 14.1. The van der Waals surface area contributed by atoms with E-state index in [0.29, 0.717) is 6.54 Å². The Morgan fingerprint density at radius 2 is 2.00 bits per heavy atom. The summed E-state index contributed by atoms with van der Waals surface area (Å²) in [6, 6.07) is 12.9.